The van der Waals surface area contributed by atoms with Crippen LogP contribution < -0.4 is 4.74 Å². The summed E-state index contributed by atoms with van der Waals surface area (Å²) in [6, 6.07) is 6.06. The molecule has 0 saturated carbocycles. The summed E-state index contributed by atoms with van der Waals surface area (Å²) in [5.41, 5.74) is 0. The quantitative estimate of drug-likeness (QED) is 0.918. The number of likely N-dealkylation sites (tertiary alicyclic amines) is 1. The maximum absolute atomic E-state index is 13.6. The Balaban J connectivity index is 2.04. The van der Waals surface area contributed by atoms with Crippen molar-refractivity contribution in [2.45, 2.75) is 38.4 Å². The Morgan fingerprint density at radius 2 is 2.30 bits per heavy atom. The van der Waals surface area contributed by atoms with Crippen LogP contribution in [0.2, 0.25) is 0 Å². The van der Waals surface area contributed by atoms with E-state index < -0.39 is 18.0 Å². The molecule has 1 amide bonds. The van der Waals surface area contributed by atoms with Crippen molar-refractivity contribution >= 4 is 5.91 Å². The summed E-state index contributed by atoms with van der Waals surface area (Å²) in [6.45, 7) is 2.77. The maximum Gasteiger partial charge on any atom is 0.263 e. The number of hydrogen-bond donors (Lipinski definition) is 1. The molecular weight excluding hydrogens is 261 g/mol. The summed E-state index contributed by atoms with van der Waals surface area (Å²) in [5, 5.41) is 9.62. The first-order valence-corrected chi connectivity index (χ1v) is 7.00. The SMILES string of the molecule is CCC(Oc1ccccc1F)C(=O)N1CCCC(O)C1. The molecule has 0 spiro atoms. The van der Waals surface area contributed by atoms with Crippen LogP contribution in [0.3, 0.4) is 0 Å². The number of halogens is 1. The second-order valence-corrected chi connectivity index (χ2v) is 5.03. The molecule has 20 heavy (non-hydrogen) atoms. The van der Waals surface area contributed by atoms with Crippen LogP contribution in [0.4, 0.5) is 4.39 Å². The van der Waals surface area contributed by atoms with Crippen molar-refractivity contribution in [1.82, 2.24) is 4.90 Å². The second kappa shape index (κ2) is 6.70. The van der Waals surface area contributed by atoms with Crippen molar-refractivity contribution in [3.63, 3.8) is 0 Å². The smallest absolute Gasteiger partial charge is 0.263 e. The number of amides is 1. The fourth-order valence-corrected chi connectivity index (χ4v) is 2.36. The average molecular weight is 281 g/mol. The third-order valence-electron chi connectivity index (χ3n) is 3.46. The molecule has 1 heterocycles. The van der Waals surface area contributed by atoms with E-state index in [9.17, 15) is 14.3 Å². The van der Waals surface area contributed by atoms with Crippen LogP contribution in [-0.4, -0.2) is 41.2 Å². The van der Waals surface area contributed by atoms with Gasteiger partial charge in [-0.1, -0.05) is 19.1 Å². The monoisotopic (exact) mass is 281 g/mol. The second-order valence-electron chi connectivity index (χ2n) is 5.03. The number of benzene rings is 1. The van der Waals surface area contributed by atoms with Gasteiger partial charge in [-0.05, 0) is 31.4 Å². The third-order valence-corrected chi connectivity index (χ3v) is 3.46. The van der Waals surface area contributed by atoms with Crippen LogP contribution in [-0.2, 0) is 4.79 Å². The summed E-state index contributed by atoms with van der Waals surface area (Å²) in [7, 11) is 0. The molecular formula is C15H20FNO3. The predicted octanol–water partition coefficient (Wildman–Crippen LogP) is 1.97. The Hall–Kier alpha value is -1.62. The number of ether oxygens (including phenoxy) is 1. The van der Waals surface area contributed by atoms with E-state index in [1.165, 1.54) is 12.1 Å². The fraction of sp³-hybridized carbons (Fsp3) is 0.533. The van der Waals surface area contributed by atoms with Gasteiger partial charge in [0.25, 0.3) is 5.91 Å². The zero-order valence-corrected chi connectivity index (χ0v) is 11.6. The summed E-state index contributed by atoms with van der Waals surface area (Å²) >= 11 is 0. The topological polar surface area (TPSA) is 49.8 Å². The van der Waals surface area contributed by atoms with E-state index in [0.717, 1.165) is 12.8 Å². The van der Waals surface area contributed by atoms with Crippen molar-refractivity contribution in [3.8, 4) is 5.75 Å². The number of β-amino-alcohol motifs (C(OH)–C–C–N with tert-alkyl or cyclic N) is 1. The van der Waals surface area contributed by atoms with E-state index in [2.05, 4.69) is 0 Å². The van der Waals surface area contributed by atoms with E-state index in [1.807, 2.05) is 6.92 Å². The van der Waals surface area contributed by atoms with Crippen molar-refractivity contribution in [2.75, 3.05) is 13.1 Å². The van der Waals surface area contributed by atoms with Gasteiger partial charge in [-0.3, -0.25) is 4.79 Å². The molecule has 1 aromatic rings. The first-order chi connectivity index (χ1) is 9.61. The third kappa shape index (κ3) is 3.48. The van der Waals surface area contributed by atoms with Gasteiger partial charge in [-0.15, -0.1) is 0 Å². The van der Waals surface area contributed by atoms with Gasteiger partial charge in [0.15, 0.2) is 17.7 Å². The number of hydrogen-bond acceptors (Lipinski definition) is 3. The number of carbonyl (C=O) groups excluding carboxylic acids is 1. The Bertz CT molecular complexity index is 466. The summed E-state index contributed by atoms with van der Waals surface area (Å²) in [4.78, 5) is 14.0. The molecule has 1 aliphatic rings. The first kappa shape index (κ1) is 14.8. The summed E-state index contributed by atoms with van der Waals surface area (Å²) in [5.74, 6) is -0.572. The highest BCUT2D eigenvalue weighted by Gasteiger charge is 2.29. The van der Waals surface area contributed by atoms with Crippen LogP contribution >= 0.6 is 0 Å². The van der Waals surface area contributed by atoms with Crippen molar-refractivity contribution in [3.05, 3.63) is 30.1 Å². The van der Waals surface area contributed by atoms with Gasteiger partial charge in [-0.25, -0.2) is 4.39 Å². The molecule has 110 valence electrons. The Morgan fingerprint density at radius 1 is 1.55 bits per heavy atom. The zero-order chi connectivity index (χ0) is 14.5. The molecule has 0 aliphatic carbocycles. The van der Waals surface area contributed by atoms with Gasteiger partial charge in [0, 0.05) is 13.1 Å². The Kier molecular flexibility index (Phi) is 4.95. The number of rotatable bonds is 4. The minimum atomic E-state index is -0.711. The normalized spacial score (nSPS) is 20.6. The summed E-state index contributed by atoms with van der Waals surface area (Å²) in [6.07, 6.45) is 0.772. The molecule has 4 nitrogen and oxygen atoms in total. The molecule has 1 fully saturated rings. The highest BCUT2D eigenvalue weighted by atomic mass is 19.1. The molecule has 1 aliphatic heterocycles. The lowest BCUT2D eigenvalue weighted by molar-refractivity contribution is -0.142. The largest absolute Gasteiger partial charge is 0.478 e. The lowest BCUT2D eigenvalue weighted by Gasteiger charge is -2.32. The molecule has 1 aromatic carbocycles. The van der Waals surface area contributed by atoms with E-state index in [1.54, 1.807) is 17.0 Å². The van der Waals surface area contributed by atoms with Gasteiger partial charge >= 0.3 is 0 Å². The van der Waals surface area contributed by atoms with Gasteiger partial charge in [-0.2, -0.15) is 0 Å². The number of aliphatic hydroxyl groups is 1. The van der Waals surface area contributed by atoms with Gasteiger partial charge < -0.3 is 14.7 Å². The first-order valence-electron chi connectivity index (χ1n) is 7.00. The molecule has 2 atom stereocenters. The fourth-order valence-electron chi connectivity index (χ4n) is 2.36. The summed E-state index contributed by atoms with van der Waals surface area (Å²) < 4.78 is 19.1. The van der Waals surface area contributed by atoms with E-state index >= 15 is 0 Å². The molecule has 2 rings (SSSR count). The molecule has 0 bridgehead atoms. The van der Waals surface area contributed by atoms with E-state index in [-0.39, 0.29) is 11.7 Å². The Morgan fingerprint density at radius 3 is 2.95 bits per heavy atom. The van der Waals surface area contributed by atoms with Crippen LogP contribution in [0, 0.1) is 5.82 Å². The maximum atomic E-state index is 13.6. The van der Waals surface area contributed by atoms with Crippen molar-refractivity contribution < 1.29 is 19.0 Å². The number of nitrogens with zero attached hydrogens (tertiary/aromatic N) is 1. The number of piperidine rings is 1. The molecule has 5 heteroatoms. The molecule has 2 unspecified atom stereocenters. The van der Waals surface area contributed by atoms with Crippen LogP contribution in [0.15, 0.2) is 24.3 Å². The molecule has 1 saturated heterocycles. The van der Waals surface area contributed by atoms with E-state index in [0.29, 0.717) is 19.5 Å². The zero-order valence-electron chi connectivity index (χ0n) is 11.6. The molecule has 1 N–H and O–H groups in total. The lowest BCUT2D eigenvalue weighted by atomic mass is 10.1. The lowest BCUT2D eigenvalue weighted by Crippen LogP contribution is -2.48. The highest BCUT2D eigenvalue weighted by molar-refractivity contribution is 5.81. The van der Waals surface area contributed by atoms with Crippen molar-refractivity contribution in [2.24, 2.45) is 0 Å². The average Bonchev–Trinajstić information content (AvgIpc) is 2.46. The Labute approximate surface area is 118 Å². The van der Waals surface area contributed by atoms with Gasteiger partial charge in [0.05, 0.1) is 6.10 Å². The van der Waals surface area contributed by atoms with E-state index in [4.69, 9.17) is 4.74 Å². The molecule has 0 radical (unpaired) electrons. The number of aliphatic hydroxyl groups excluding tert-OH is 1. The molecule has 0 aromatic heterocycles. The van der Waals surface area contributed by atoms with Gasteiger partial charge in [0.2, 0.25) is 0 Å². The minimum Gasteiger partial charge on any atom is -0.478 e. The standard InChI is InChI=1S/C15H20FNO3/c1-2-13(20-14-8-4-3-7-12(14)16)15(19)17-9-5-6-11(18)10-17/h3-4,7-8,11,13,18H,2,5-6,9-10H2,1H3. The van der Waals surface area contributed by atoms with Crippen molar-refractivity contribution in [1.29, 1.82) is 0 Å². The highest BCUT2D eigenvalue weighted by Crippen LogP contribution is 2.20. The van der Waals surface area contributed by atoms with Crippen LogP contribution in [0.25, 0.3) is 0 Å². The minimum absolute atomic E-state index is 0.0882. The number of para-hydroxylation sites is 1. The van der Waals surface area contributed by atoms with Crippen LogP contribution in [0.1, 0.15) is 26.2 Å². The van der Waals surface area contributed by atoms with Gasteiger partial charge in [0.1, 0.15) is 0 Å². The number of carbonyl (C=O) groups is 1. The van der Waals surface area contributed by atoms with Crippen LogP contribution in [0.5, 0.6) is 5.75 Å². The predicted molar refractivity (Wildman–Crippen MR) is 72.9 cm³/mol.